The number of nitrogens with zero attached hydrogens (tertiary/aromatic N) is 3. The summed E-state index contributed by atoms with van der Waals surface area (Å²) in [5.41, 5.74) is 0.578. The molecule has 6 nitrogen and oxygen atoms in total. The highest BCUT2D eigenvalue weighted by Crippen LogP contribution is 2.04. The van der Waals surface area contributed by atoms with E-state index in [1.807, 2.05) is 0 Å². The number of aryl methyl sites for hydroxylation is 1. The fraction of sp³-hybridized carbons (Fsp3) is 0.176. The van der Waals surface area contributed by atoms with Crippen LogP contribution in [0.4, 0.5) is 4.39 Å². The number of carbonyl (C=O) groups excluding carboxylic acids is 1. The van der Waals surface area contributed by atoms with Crippen LogP contribution in [0.2, 0.25) is 0 Å². The lowest BCUT2D eigenvalue weighted by atomic mass is 10.2. The molecular formula is C17H15FN4O2. The molecule has 0 saturated heterocycles. The van der Waals surface area contributed by atoms with Gasteiger partial charge in [0.25, 0.3) is 11.5 Å². The number of halogens is 1. The van der Waals surface area contributed by atoms with E-state index in [4.69, 9.17) is 0 Å². The van der Waals surface area contributed by atoms with Crippen molar-refractivity contribution in [2.75, 3.05) is 6.54 Å². The van der Waals surface area contributed by atoms with E-state index in [2.05, 4.69) is 15.3 Å². The van der Waals surface area contributed by atoms with E-state index in [9.17, 15) is 14.0 Å². The number of aromatic nitrogens is 3. The quantitative estimate of drug-likeness (QED) is 0.791. The summed E-state index contributed by atoms with van der Waals surface area (Å²) in [7, 11) is 0. The van der Waals surface area contributed by atoms with E-state index in [0.717, 1.165) is 0 Å². The summed E-state index contributed by atoms with van der Waals surface area (Å²) in [6.07, 6.45) is 1.58. The van der Waals surface area contributed by atoms with Crippen LogP contribution >= 0.6 is 0 Å². The van der Waals surface area contributed by atoms with Crippen molar-refractivity contribution in [2.45, 2.75) is 13.5 Å². The maximum absolute atomic E-state index is 12.9. The minimum absolute atomic E-state index is 0.193. The fourth-order valence-electron chi connectivity index (χ4n) is 2.41. The third-order valence-corrected chi connectivity index (χ3v) is 3.65. The summed E-state index contributed by atoms with van der Waals surface area (Å²) in [5, 5.41) is 3.14. The molecule has 1 N–H and O–H groups in total. The van der Waals surface area contributed by atoms with Crippen molar-refractivity contribution in [1.29, 1.82) is 0 Å². The van der Waals surface area contributed by atoms with Gasteiger partial charge in [0.2, 0.25) is 0 Å². The van der Waals surface area contributed by atoms with Crippen molar-refractivity contribution < 1.29 is 9.18 Å². The first-order valence-corrected chi connectivity index (χ1v) is 7.42. The molecule has 0 aliphatic heterocycles. The number of amides is 1. The molecule has 0 aliphatic rings. The van der Waals surface area contributed by atoms with E-state index in [1.54, 1.807) is 25.3 Å². The van der Waals surface area contributed by atoms with E-state index in [0.29, 0.717) is 22.4 Å². The second-order valence-electron chi connectivity index (χ2n) is 5.25. The Kier molecular flexibility index (Phi) is 4.33. The highest BCUT2D eigenvalue weighted by Gasteiger charge is 2.09. The second-order valence-corrected chi connectivity index (χ2v) is 5.25. The molecule has 0 aliphatic carbocycles. The number of hydrogen-bond donors (Lipinski definition) is 1. The Morgan fingerprint density at radius 1 is 1.25 bits per heavy atom. The van der Waals surface area contributed by atoms with Crippen molar-refractivity contribution >= 4 is 16.9 Å². The highest BCUT2D eigenvalue weighted by atomic mass is 19.1. The normalized spacial score (nSPS) is 10.8. The van der Waals surface area contributed by atoms with Crippen LogP contribution in [0.25, 0.3) is 11.0 Å². The Morgan fingerprint density at radius 2 is 2.00 bits per heavy atom. The molecule has 3 aromatic rings. The Bertz CT molecular complexity index is 951. The summed E-state index contributed by atoms with van der Waals surface area (Å²) in [6, 6.07) is 8.62. The van der Waals surface area contributed by atoms with Gasteiger partial charge < -0.3 is 5.32 Å². The molecule has 0 fully saturated rings. The van der Waals surface area contributed by atoms with Crippen LogP contribution < -0.4 is 10.9 Å². The number of rotatable bonds is 4. The number of nitrogens with one attached hydrogen (secondary N) is 1. The van der Waals surface area contributed by atoms with Crippen LogP contribution in [0.5, 0.6) is 0 Å². The van der Waals surface area contributed by atoms with Gasteiger partial charge in [-0.15, -0.1) is 0 Å². The van der Waals surface area contributed by atoms with Crippen molar-refractivity contribution in [3.8, 4) is 0 Å². The molecule has 1 aromatic carbocycles. The molecule has 2 aromatic heterocycles. The molecule has 3 rings (SSSR count). The number of carbonyl (C=O) groups is 1. The summed E-state index contributed by atoms with van der Waals surface area (Å²) in [5.74, 6) is -0.192. The first kappa shape index (κ1) is 15.8. The molecule has 24 heavy (non-hydrogen) atoms. The van der Waals surface area contributed by atoms with Crippen LogP contribution in [0.15, 0.2) is 47.4 Å². The van der Waals surface area contributed by atoms with Gasteiger partial charge in [-0.05, 0) is 43.3 Å². The molecule has 0 radical (unpaired) electrons. The van der Waals surface area contributed by atoms with Crippen molar-refractivity contribution in [3.05, 3.63) is 70.2 Å². The first-order valence-electron chi connectivity index (χ1n) is 7.42. The monoisotopic (exact) mass is 326 g/mol. The van der Waals surface area contributed by atoms with Gasteiger partial charge in [0, 0.05) is 24.8 Å². The van der Waals surface area contributed by atoms with E-state index in [-0.39, 0.29) is 24.6 Å². The molecule has 0 saturated carbocycles. The second kappa shape index (κ2) is 6.57. The summed E-state index contributed by atoms with van der Waals surface area (Å²) in [6.45, 7) is 2.26. The smallest absolute Gasteiger partial charge is 0.263 e. The summed E-state index contributed by atoms with van der Waals surface area (Å²) < 4.78 is 14.4. The molecule has 1 amide bonds. The van der Waals surface area contributed by atoms with Gasteiger partial charge in [-0.3, -0.25) is 14.2 Å². The Labute approximate surface area is 137 Å². The number of fused-ring (bicyclic) bond motifs is 1. The largest absolute Gasteiger partial charge is 0.350 e. The number of hydrogen-bond acceptors (Lipinski definition) is 4. The minimum Gasteiger partial charge on any atom is -0.350 e. The van der Waals surface area contributed by atoms with Gasteiger partial charge in [0.1, 0.15) is 11.6 Å². The predicted molar refractivity (Wildman–Crippen MR) is 87.3 cm³/mol. The van der Waals surface area contributed by atoms with E-state index in [1.165, 1.54) is 28.8 Å². The SMILES string of the molecule is Cc1nc2ncccc2c(=O)n1CCNC(=O)c1ccc(F)cc1. The van der Waals surface area contributed by atoms with Crippen molar-refractivity contribution in [1.82, 2.24) is 19.9 Å². The fourth-order valence-corrected chi connectivity index (χ4v) is 2.41. The molecule has 0 atom stereocenters. The van der Waals surface area contributed by atoms with Gasteiger partial charge in [-0.25, -0.2) is 14.4 Å². The van der Waals surface area contributed by atoms with Crippen LogP contribution in [0.3, 0.4) is 0 Å². The Hall–Kier alpha value is -3.09. The maximum atomic E-state index is 12.9. The van der Waals surface area contributed by atoms with E-state index >= 15 is 0 Å². The van der Waals surface area contributed by atoms with Crippen LogP contribution in [0, 0.1) is 12.7 Å². The lowest BCUT2D eigenvalue weighted by Gasteiger charge is -2.11. The number of pyridine rings is 1. The first-order chi connectivity index (χ1) is 11.6. The van der Waals surface area contributed by atoms with Gasteiger partial charge in [-0.2, -0.15) is 0 Å². The minimum atomic E-state index is -0.399. The molecule has 122 valence electrons. The standard InChI is InChI=1S/C17H15FN4O2/c1-11-21-15-14(3-2-8-19-15)17(24)22(11)10-9-20-16(23)12-4-6-13(18)7-5-12/h2-8H,9-10H2,1H3,(H,20,23). The summed E-state index contributed by atoms with van der Waals surface area (Å²) in [4.78, 5) is 32.8. The third kappa shape index (κ3) is 3.15. The van der Waals surface area contributed by atoms with Crippen molar-refractivity contribution in [3.63, 3.8) is 0 Å². The number of benzene rings is 1. The molecular weight excluding hydrogens is 311 g/mol. The molecule has 2 heterocycles. The van der Waals surface area contributed by atoms with Crippen molar-refractivity contribution in [2.24, 2.45) is 0 Å². The maximum Gasteiger partial charge on any atom is 0.263 e. The zero-order valence-electron chi connectivity index (χ0n) is 13.0. The Morgan fingerprint density at radius 3 is 2.75 bits per heavy atom. The van der Waals surface area contributed by atoms with Gasteiger partial charge in [0.05, 0.1) is 5.39 Å². The van der Waals surface area contributed by atoms with Gasteiger partial charge in [0.15, 0.2) is 5.65 Å². The lowest BCUT2D eigenvalue weighted by Crippen LogP contribution is -2.32. The Balaban J connectivity index is 1.73. The highest BCUT2D eigenvalue weighted by molar-refractivity contribution is 5.94. The zero-order valence-corrected chi connectivity index (χ0v) is 13.0. The molecule has 0 spiro atoms. The van der Waals surface area contributed by atoms with Gasteiger partial charge >= 0.3 is 0 Å². The zero-order chi connectivity index (χ0) is 17.1. The lowest BCUT2D eigenvalue weighted by molar-refractivity contribution is 0.0952. The van der Waals surface area contributed by atoms with Crippen LogP contribution in [-0.4, -0.2) is 27.0 Å². The third-order valence-electron chi connectivity index (χ3n) is 3.65. The molecule has 0 unspecified atom stereocenters. The average molecular weight is 326 g/mol. The van der Waals surface area contributed by atoms with Crippen LogP contribution in [-0.2, 0) is 6.54 Å². The van der Waals surface area contributed by atoms with Gasteiger partial charge in [-0.1, -0.05) is 0 Å². The molecule has 0 bridgehead atoms. The predicted octanol–water partition coefficient (Wildman–Crippen LogP) is 1.67. The van der Waals surface area contributed by atoms with E-state index < -0.39 is 5.82 Å². The molecule has 7 heteroatoms. The summed E-state index contributed by atoms with van der Waals surface area (Å²) >= 11 is 0. The topological polar surface area (TPSA) is 76.9 Å². The van der Waals surface area contributed by atoms with Crippen LogP contribution in [0.1, 0.15) is 16.2 Å². The average Bonchev–Trinajstić information content (AvgIpc) is 2.58.